The van der Waals surface area contributed by atoms with Gasteiger partial charge in [-0.15, -0.1) is 0 Å². The topological polar surface area (TPSA) is 49.9 Å². The summed E-state index contributed by atoms with van der Waals surface area (Å²) in [5.74, 6) is 0.382. The van der Waals surface area contributed by atoms with Gasteiger partial charge >= 0.3 is 6.03 Å². The first-order valence-corrected chi connectivity index (χ1v) is 8.09. The molecule has 2 aromatic rings. The number of rotatable bonds is 4. The number of benzene rings is 2. The summed E-state index contributed by atoms with van der Waals surface area (Å²) >= 11 is 11.9. The lowest BCUT2D eigenvalue weighted by Gasteiger charge is -2.18. The van der Waals surface area contributed by atoms with E-state index in [1.807, 2.05) is 6.92 Å². The van der Waals surface area contributed by atoms with Gasteiger partial charge in [0.2, 0.25) is 0 Å². The summed E-state index contributed by atoms with van der Waals surface area (Å²) in [4.78, 5) is 27.4. The lowest BCUT2D eigenvalue weighted by molar-refractivity contribution is -0.115. The van der Waals surface area contributed by atoms with Crippen molar-refractivity contribution in [3.63, 3.8) is 0 Å². The zero-order valence-corrected chi connectivity index (χ0v) is 14.3. The second-order valence-electron chi connectivity index (χ2n) is 5.12. The molecule has 24 heavy (non-hydrogen) atoms. The number of amides is 3. The number of nitrogens with zero attached hydrogens (tertiary/aromatic N) is 2. The zero-order valence-electron chi connectivity index (χ0n) is 12.8. The van der Waals surface area contributed by atoms with Gasteiger partial charge < -0.3 is 4.74 Å². The van der Waals surface area contributed by atoms with Crippen molar-refractivity contribution >= 4 is 46.5 Å². The molecule has 0 spiro atoms. The zero-order chi connectivity index (χ0) is 17.3. The summed E-state index contributed by atoms with van der Waals surface area (Å²) in [6.07, 6.45) is 0. The Morgan fingerprint density at radius 3 is 2.29 bits per heavy atom. The highest BCUT2D eigenvalue weighted by molar-refractivity contribution is 6.42. The standard InChI is InChI=1S/C17H14Cl2N2O3/c1-2-24-13-6-3-11(4-7-13)20-10-16(22)21(17(20)23)12-5-8-14(18)15(19)9-12/h3-9H,2,10H2,1H3. The van der Waals surface area contributed by atoms with Crippen molar-refractivity contribution in [3.8, 4) is 5.75 Å². The summed E-state index contributed by atoms with van der Waals surface area (Å²) in [5.41, 5.74) is 1.02. The average molecular weight is 365 g/mol. The van der Waals surface area contributed by atoms with E-state index in [4.69, 9.17) is 27.9 Å². The van der Waals surface area contributed by atoms with Crippen molar-refractivity contribution in [2.24, 2.45) is 0 Å². The van der Waals surface area contributed by atoms with E-state index in [0.717, 1.165) is 4.90 Å². The molecular formula is C17H14Cl2N2O3. The summed E-state index contributed by atoms with van der Waals surface area (Å²) in [6, 6.07) is 11.2. The molecule has 0 saturated carbocycles. The van der Waals surface area contributed by atoms with Crippen molar-refractivity contribution < 1.29 is 14.3 Å². The van der Waals surface area contributed by atoms with Gasteiger partial charge in [0.05, 0.1) is 22.3 Å². The van der Waals surface area contributed by atoms with Crippen LogP contribution in [0.2, 0.25) is 10.0 Å². The molecule has 1 saturated heterocycles. The second kappa shape index (κ2) is 6.71. The van der Waals surface area contributed by atoms with Crippen LogP contribution in [0.25, 0.3) is 0 Å². The molecule has 3 amide bonds. The van der Waals surface area contributed by atoms with Crippen molar-refractivity contribution in [3.05, 3.63) is 52.5 Å². The highest BCUT2D eigenvalue weighted by Gasteiger charge is 2.38. The van der Waals surface area contributed by atoms with Gasteiger partial charge in [-0.05, 0) is 49.4 Å². The Morgan fingerprint density at radius 1 is 1.00 bits per heavy atom. The molecular weight excluding hydrogens is 351 g/mol. The van der Waals surface area contributed by atoms with Gasteiger partial charge in [0.1, 0.15) is 12.3 Å². The Bertz CT molecular complexity index is 793. The molecule has 2 aromatic carbocycles. The molecule has 0 bridgehead atoms. The van der Waals surface area contributed by atoms with Gasteiger partial charge in [-0.2, -0.15) is 0 Å². The highest BCUT2D eigenvalue weighted by atomic mass is 35.5. The van der Waals surface area contributed by atoms with Crippen LogP contribution in [0.5, 0.6) is 5.75 Å². The number of urea groups is 1. The molecule has 0 N–H and O–H groups in total. The molecule has 1 fully saturated rings. The van der Waals surface area contributed by atoms with Crippen molar-refractivity contribution in [2.45, 2.75) is 6.92 Å². The predicted octanol–water partition coefficient (Wildman–Crippen LogP) is 4.37. The number of ether oxygens (including phenoxy) is 1. The second-order valence-corrected chi connectivity index (χ2v) is 5.94. The van der Waals surface area contributed by atoms with E-state index >= 15 is 0 Å². The van der Waals surface area contributed by atoms with E-state index in [1.54, 1.807) is 36.4 Å². The maximum atomic E-state index is 12.6. The number of carbonyl (C=O) groups is 2. The Kier molecular flexibility index (Phi) is 4.64. The summed E-state index contributed by atoms with van der Waals surface area (Å²) < 4.78 is 5.38. The Morgan fingerprint density at radius 2 is 1.67 bits per heavy atom. The number of hydrogen-bond donors (Lipinski definition) is 0. The van der Waals surface area contributed by atoms with Crippen LogP contribution in [-0.4, -0.2) is 25.1 Å². The monoisotopic (exact) mass is 364 g/mol. The molecule has 1 aliphatic rings. The molecule has 0 radical (unpaired) electrons. The minimum absolute atomic E-state index is 0.0347. The number of halogens is 2. The van der Waals surface area contributed by atoms with Crippen molar-refractivity contribution in [1.82, 2.24) is 0 Å². The molecule has 0 aliphatic carbocycles. The Balaban J connectivity index is 1.87. The summed E-state index contributed by atoms with van der Waals surface area (Å²) in [7, 11) is 0. The van der Waals surface area contributed by atoms with E-state index in [0.29, 0.717) is 28.8 Å². The molecule has 124 valence electrons. The van der Waals surface area contributed by atoms with Crippen LogP contribution >= 0.6 is 23.2 Å². The molecule has 0 unspecified atom stereocenters. The van der Waals surface area contributed by atoms with Gasteiger partial charge in [-0.1, -0.05) is 23.2 Å². The number of carbonyl (C=O) groups excluding carboxylic acids is 2. The third-order valence-electron chi connectivity index (χ3n) is 3.59. The van der Waals surface area contributed by atoms with Crippen LogP contribution in [0.1, 0.15) is 6.92 Å². The van der Waals surface area contributed by atoms with Gasteiger partial charge in [0.15, 0.2) is 0 Å². The highest BCUT2D eigenvalue weighted by Crippen LogP contribution is 2.31. The van der Waals surface area contributed by atoms with Crippen LogP contribution in [0.15, 0.2) is 42.5 Å². The van der Waals surface area contributed by atoms with E-state index in [2.05, 4.69) is 0 Å². The largest absolute Gasteiger partial charge is 0.494 e. The molecule has 0 atom stereocenters. The SMILES string of the molecule is CCOc1ccc(N2CC(=O)N(c3ccc(Cl)c(Cl)c3)C2=O)cc1. The lowest BCUT2D eigenvalue weighted by Crippen LogP contribution is -2.32. The van der Waals surface area contributed by atoms with E-state index in [-0.39, 0.29) is 17.5 Å². The fourth-order valence-corrected chi connectivity index (χ4v) is 2.76. The van der Waals surface area contributed by atoms with Crippen molar-refractivity contribution in [2.75, 3.05) is 23.0 Å². The minimum atomic E-state index is -0.428. The van der Waals surface area contributed by atoms with Gasteiger partial charge in [-0.3, -0.25) is 9.69 Å². The summed E-state index contributed by atoms with van der Waals surface area (Å²) in [6.45, 7) is 2.42. The van der Waals surface area contributed by atoms with E-state index in [9.17, 15) is 9.59 Å². The maximum absolute atomic E-state index is 12.6. The third kappa shape index (κ3) is 3.05. The fraction of sp³-hybridized carbons (Fsp3) is 0.176. The van der Waals surface area contributed by atoms with Gasteiger partial charge in [0.25, 0.3) is 5.91 Å². The summed E-state index contributed by atoms with van der Waals surface area (Å²) in [5, 5.41) is 0.650. The molecule has 1 heterocycles. The first kappa shape index (κ1) is 16.6. The predicted molar refractivity (Wildman–Crippen MR) is 94.3 cm³/mol. The van der Waals surface area contributed by atoms with Gasteiger partial charge in [0, 0.05) is 5.69 Å². The Labute approximate surface area is 149 Å². The van der Waals surface area contributed by atoms with Gasteiger partial charge in [-0.25, -0.2) is 9.69 Å². The minimum Gasteiger partial charge on any atom is -0.494 e. The number of imide groups is 1. The normalized spacial score (nSPS) is 14.5. The van der Waals surface area contributed by atoms with Crippen LogP contribution in [0.4, 0.5) is 16.2 Å². The Hall–Kier alpha value is -2.24. The number of anilines is 2. The van der Waals surface area contributed by atoms with Crippen LogP contribution < -0.4 is 14.5 Å². The van der Waals surface area contributed by atoms with Crippen LogP contribution in [0, 0.1) is 0 Å². The van der Waals surface area contributed by atoms with Crippen LogP contribution in [-0.2, 0) is 4.79 Å². The van der Waals surface area contributed by atoms with E-state index in [1.165, 1.54) is 11.0 Å². The molecule has 5 nitrogen and oxygen atoms in total. The fourth-order valence-electron chi connectivity index (χ4n) is 2.47. The first-order valence-electron chi connectivity index (χ1n) is 7.33. The molecule has 1 aliphatic heterocycles. The van der Waals surface area contributed by atoms with E-state index < -0.39 is 6.03 Å². The number of hydrogen-bond acceptors (Lipinski definition) is 3. The van der Waals surface area contributed by atoms with Crippen LogP contribution in [0.3, 0.4) is 0 Å². The first-order chi connectivity index (χ1) is 11.5. The average Bonchev–Trinajstić information content (AvgIpc) is 2.86. The molecule has 7 heteroatoms. The maximum Gasteiger partial charge on any atom is 0.336 e. The quantitative estimate of drug-likeness (QED) is 0.757. The smallest absolute Gasteiger partial charge is 0.336 e. The third-order valence-corrected chi connectivity index (χ3v) is 4.32. The molecule has 3 rings (SSSR count). The molecule has 0 aromatic heterocycles. The lowest BCUT2D eigenvalue weighted by atomic mass is 10.3. The van der Waals surface area contributed by atoms with Crippen molar-refractivity contribution in [1.29, 1.82) is 0 Å².